The van der Waals surface area contributed by atoms with Gasteiger partial charge in [-0.15, -0.1) is 0 Å². The van der Waals surface area contributed by atoms with Crippen molar-refractivity contribution in [2.45, 2.75) is 26.8 Å². The number of carbonyl (C=O) groups is 1. The number of hydrogen-bond donors (Lipinski definition) is 1. The van der Waals surface area contributed by atoms with Crippen LogP contribution in [0.5, 0.6) is 0 Å². The van der Waals surface area contributed by atoms with Crippen LogP contribution < -0.4 is 5.32 Å². The summed E-state index contributed by atoms with van der Waals surface area (Å²) in [7, 11) is -3.47. The molecule has 156 valence electrons. The van der Waals surface area contributed by atoms with E-state index in [1.54, 1.807) is 6.92 Å². The van der Waals surface area contributed by atoms with Gasteiger partial charge in [-0.05, 0) is 19.1 Å². The fourth-order valence-corrected chi connectivity index (χ4v) is 4.72. The Morgan fingerprint density at radius 2 is 1.71 bits per heavy atom. The molecule has 1 aliphatic rings. The molecule has 1 fully saturated rings. The number of hydrogen-bond acceptors (Lipinski definition) is 6. The van der Waals surface area contributed by atoms with Crippen molar-refractivity contribution in [1.29, 1.82) is 0 Å². The second kappa shape index (κ2) is 9.41. The van der Waals surface area contributed by atoms with E-state index in [0.717, 1.165) is 0 Å². The second-order valence-electron chi connectivity index (χ2n) is 6.50. The number of nitrogens with zero attached hydrogens (tertiary/aromatic N) is 4. The fourth-order valence-electron chi connectivity index (χ4n) is 3.11. The number of nitro groups is 1. The van der Waals surface area contributed by atoms with Crippen LogP contribution >= 0.6 is 0 Å². The summed E-state index contributed by atoms with van der Waals surface area (Å²) in [4.78, 5) is 24.6. The Kier molecular flexibility index (Phi) is 7.47. The highest BCUT2D eigenvalue weighted by Crippen LogP contribution is 2.17. The molecule has 1 atom stereocenters. The number of nitrogens with one attached hydrogen (secondary N) is 1. The first-order valence-electron chi connectivity index (χ1n) is 9.25. The Hall–Kier alpha value is -2.08. The number of anilines is 1. The summed E-state index contributed by atoms with van der Waals surface area (Å²) < 4.78 is 28.0. The molecule has 1 unspecified atom stereocenters. The van der Waals surface area contributed by atoms with Gasteiger partial charge in [0.25, 0.3) is 15.9 Å². The van der Waals surface area contributed by atoms with Crippen LogP contribution in [0.4, 0.5) is 11.4 Å². The molecule has 10 nitrogen and oxygen atoms in total. The molecule has 28 heavy (non-hydrogen) atoms. The van der Waals surface area contributed by atoms with Gasteiger partial charge in [-0.1, -0.05) is 13.8 Å². The molecule has 1 aliphatic heterocycles. The second-order valence-corrected chi connectivity index (χ2v) is 8.42. The molecule has 0 aromatic heterocycles. The quantitative estimate of drug-likeness (QED) is 0.504. The summed E-state index contributed by atoms with van der Waals surface area (Å²) in [5, 5.41) is 13.4. The normalized spacial score (nSPS) is 17.4. The summed E-state index contributed by atoms with van der Waals surface area (Å²) >= 11 is 0. The van der Waals surface area contributed by atoms with Crippen LogP contribution in [0.2, 0.25) is 0 Å². The Labute approximate surface area is 165 Å². The maximum atomic E-state index is 12.6. The Bertz CT molecular complexity index is 787. The number of amides is 1. The van der Waals surface area contributed by atoms with Crippen molar-refractivity contribution in [2.75, 3.05) is 44.6 Å². The Morgan fingerprint density at radius 3 is 2.18 bits per heavy atom. The van der Waals surface area contributed by atoms with Gasteiger partial charge in [0.05, 0.1) is 11.0 Å². The summed E-state index contributed by atoms with van der Waals surface area (Å²) in [5.74, 6) is -0.242. The lowest BCUT2D eigenvalue weighted by Gasteiger charge is -2.38. The minimum atomic E-state index is -3.47. The smallest absolute Gasteiger partial charge is 0.282 e. The molecule has 1 amide bonds. The molecule has 2 rings (SSSR count). The highest BCUT2D eigenvalue weighted by Gasteiger charge is 2.33. The molecule has 0 spiro atoms. The van der Waals surface area contributed by atoms with Crippen LogP contribution in [-0.2, 0) is 15.0 Å². The van der Waals surface area contributed by atoms with Crippen molar-refractivity contribution in [3.63, 3.8) is 0 Å². The van der Waals surface area contributed by atoms with E-state index in [9.17, 15) is 23.3 Å². The average molecular weight is 414 g/mol. The molecule has 1 heterocycles. The summed E-state index contributed by atoms with van der Waals surface area (Å²) in [6.07, 6.45) is 0. The highest BCUT2D eigenvalue weighted by molar-refractivity contribution is 7.86. The third kappa shape index (κ3) is 5.04. The zero-order chi connectivity index (χ0) is 20.9. The van der Waals surface area contributed by atoms with E-state index in [-0.39, 0.29) is 11.6 Å². The van der Waals surface area contributed by atoms with Gasteiger partial charge in [-0.25, -0.2) is 0 Å². The standard InChI is InChI=1S/C17H27N5O5S/c1-4-20(5-2)28(26,27)21-12-10-19(11-13-21)14(3)17(23)18-15-6-8-16(9-7-15)22(24)25/h6-9,14H,4-5,10-13H2,1-3H3,(H,18,23). The van der Waals surface area contributed by atoms with Crippen LogP contribution in [0.15, 0.2) is 24.3 Å². The van der Waals surface area contributed by atoms with Crippen LogP contribution in [0.25, 0.3) is 0 Å². The molecule has 1 N–H and O–H groups in total. The Balaban J connectivity index is 1.93. The van der Waals surface area contributed by atoms with Gasteiger partial charge in [-0.2, -0.15) is 17.0 Å². The van der Waals surface area contributed by atoms with Gasteiger partial charge in [-0.3, -0.25) is 19.8 Å². The zero-order valence-corrected chi connectivity index (χ0v) is 17.2. The highest BCUT2D eigenvalue weighted by atomic mass is 32.2. The lowest BCUT2D eigenvalue weighted by molar-refractivity contribution is -0.384. The minimum absolute atomic E-state index is 0.0448. The first-order valence-corrected chi connectivity index (χ1v) is 10.6. The van der Waals surface area contributed by atoms with Crippen molar-refractivity contribution in [1.82, 2.24) is 13.5 Å². The van der Waals surface area contributed by atoms with Crippen molar-refractivity contribution in [3.05, 3.63) is 34.4 Å². The topological polar surface area (TPSA) is 116 Å². The van der Waals surface area contributed by atoms with Gasteiger partial charge >= 0.3 is 0 Å². The molecule has 0 aliphatic carbocycles. The minimum Gasteiger partial charge on any atom is -0.325 e. The first-order chi connectivity index (χ1) is 13.2. The molecular weight excluding hydrogens is 386 g/mol. The number of piperazine rings is 1. The third-order valence-electron chi connectivity index (χ3n) is 4.90. The predicted octanol–water partition coefficient (Wildman–Crippen LogP) is 1.13. The molecule has 11 heteroatoms. The molecule has 1 aromatic rings. The molecule has 1 aromatic carbocycles. The van der Waals surface area contributed by atoms with Crippen LogP contribution in [0.1, 0.15) is 20.8 Å². The van der Waals surface area contributed by atoms with E-state index in [2.05, 4.69) is 5.32 Å². The zero-order valence-electron chi connectivity index (χ0n) is 16.4. The van der Waals surface area contributed by atoms with E-state index in [1.165, 1.54) is 32.9 Å². The third-order valence-corrected chi connectivity index (χ3v) is 7.09. The monoisotopic (exact) mass is 413 g/mol. The van der Waals surface area contributed by atoms with Crippen LogP contribution in [-0.4, -0.2) is 78.1 Å². The number of carbonyl (C=O) groups excluding carboxylic acids is 1. The number of non-ortho nitro benzene ring substituents is 1. The summed E-state index contributed by atoms with van der Waals surface area (Å²) in [5.41, 5.74) is 0.432. The van der Waals surface area contributed by atoms with Gasteiger partial charge in [0.15, 0.2) is 0 Å². The predicted molar refractivity (Wildman–Crippen MR) is 106 cm³/mol. The maximum Gasteiger partial charge on any atom is 0.282 e. The Morgan fingerprint density at radius 1 is 1.18 bits per heavy atom. The molecule has 0 saturated carbocycles. The van der Waals surface area contributed by atoms with Crippen molar-refractivity contribution in [2.24, 2.45) is 0 Å². The fraction of sp³-hybridized carbons (Fsp3) is 0.588. The maximum absolute atomic E-state index is 12.6. The first kappa shape index (κ1) is 22.2. The average Bonchev–Trinajstić information content (AvgIpc) is 2.68. The SMILES string of the molecule is CCN(CC)S(=O)(=O)N1CCN(C(C)C(=O)Nc2ccc([N+](=O)[O-])cc2)CC1. The molecule has 0 bridgehead atoms. The number of nitro benzene ring substituents is 1. The lowest BCUT2D eigenvalue weighted by Crippen LogP contribution is -2.56. The largest absolute Gasteiger partial charge is 0.325 e. The lowest BCUT2D eigenvalue weighted by atomic mass is 10.2. The number of rotatable bonds is 8. The summed E-state index contributed by atoms with van der Waals surface area (Å²) in [6, 6.07) is 5.18. The van der Waals surface area contributed by atoms with Crippen molar-refractivity contribution < 1.29 is 18.1 Å². The molecule has 0 radical (unpaired) electrons. The van der Waals surface area contributed by atoms with Crippen molar-refractivity contribution >= 4 is 27.5 Å². The van der Waals surface area contributed by atoms with Crippen LogP contribution in [0, 0.1) is 10.1 Å². The van der Waals surface area contributed by atoms with E-state index < -0.39 is 21.2 Å². The van der Waals surface area contributed by atoms with E-state index in [0.29, 0.717) is 45.0 Å². The van der Waals surface area contributed by atoms with E-state index in [1.807, 2.05) is 18.7 Å². The molecule has 1 saturated heterocycles. The van der Waals surface area contributed by atoms with E-state index >= 15 is 0 Å². The van der Waals surface area contributed by atoms with Gasteiger partial charge in [0, 0.05) is 57.1 Å². The van der Waals surface area contributed by atoms with Crippen molar-refractivity contribution in [3.8, 4) is 0 Å². The number of benzene rings is 1. The van der Waals surface area contributed by atoms with Gasteiger partial charge < -0.3 is 5.32 Å². The van der Waals surface area contributed by atoms with Gasteiger partial charge in [0.2, 0.25) is 5.91 Å². The van der Waals surface area contributed by atoms with Crippen LogP contribution in [0.3, 0.4) is 0 Å². The van der Waals surface area contributed by atoms with Gasteiger partial charge in [0.1, 0.15) is 0 Å². The summed E-state index contributed by atoms with van der Waals surface area (Å²) in [6.45, 7) is 7.78. The van der Waals surface area contributed by atoms with E-state index in [4.69, 9.17) is 0 Å². The molecular formula is C17H27N5O5S.